The van der Waals surface area contributed by atoms with Crippen LogP contribution in [0.5, 0.6) is 0 Å². The van der Waals surface area contributed by atoms with Crippen molar-refractivity contribution in [3.8, 4) is 0 Å². The summed E-state index contributed by atoms with van der Waals surface area (Å²) in [4.78, 5) is 10.4. The summed E-state index contributed by atoms with van der Waals surface area (Å²) in [5.41, 5.74) is 0. The maximum absolute atomic E-state index is 10.4. The number of rotatable bonds is 4. The summed E-state index contributed by atoms with van der Waals surface area (Å²) in [7, 11) is 0. The zero-order valence-corrected chi connectivity index (χ0v) is 5.42. The van der Waals surface area contributed by atoms with Crippen LogP contribution in [0.1, 0.15) is 6.92 Å². The molecule has 0 aliphatic carbocycles. The second-order valence-electron chi connectivity index (χ2n) is 1.29. The van der Waals surface area contributed by atoms with Gasteiger partial charge in [-0.2, -0.15) is 0 Å². The summed E-state index contributed by atoms with van der Waals surface area (Å²) in [6.45, 7) is 5.54. The molecule has 9 heavy (non-hydrogen) atoms. The number of ether oxygens (including phenoxy) is 2. The molecule has 0 saturated carbocycles. The minimum Gasteiger partial charge on any atom is -0.433 e. The van der Waals surface area contributed by atoms with Crippen molar-refractivity contribution in [1.82, 2.24) is 0 Å². The molecule has 0 atom stereocenters. The minimum absolute atomic E-state index is 0.00250. The van der Waals surface area contributed by atoms with E-state index in [4.69, 9.17) is 4.74 Å². The third-order valence-electron chi connectivity index (χ3n) is 0.639. The average Bonchev–Trinajstić information content (AvgIpc) is 1.85. The lowest BCUT2D eigenvalue weighted by molar-refractivity contribution is -0.142. The van der Waals surface area contributed by atoms with Crippen LogP contribution in [0.4, 0.5) is 0 Å². The first-order valence-electron chi connectivity index (χ1n) is 2.69. The summed E-state index contributed by atoms with van der Waals surface area (Å²) in [6, 6.07) is 0. The van der Waals surface area contributed by atoms with Gasteiger partial charge in [0, 0.05) is 6.61 Å². The van der Waals surface area contributed by atoms with Gasteiger partial charge in [-0.15, -0.1) is 0 Å². The highest BCUT2D eigenvalue weighted by molar-refractivity contribution is 5.71. The van der Waals surface area contributed by atoms with E-state index in [0.717, 1.165) is 6.26 Å². The maximum atomic E-state index is 10.4. The smallest absolute Gasteiger partial charge is 0.336 e. The van der Waals surface area contributed by atoms with Crippen molar-refractivity contribution in [1.29, 1.82) is 0 Å². The van der Waals surface area contributed by atoms with E-state index in [2.05, 4.69) is 11.3 Å². The van der Waals surface area contributed by atoms with Crippen molar-refractivity contribution in [3.63, 3.8) is 0 Å². The van der Waals surface area contributed by atoms with Crippen LogP contribution in [-0.2, 0) is 14.3 Å². The summed E-state index contributed by atoms with van der Waals surface area (Å²) < 4.78 is 9.07. The number of carbonyl (C=O) groups is 1. The van der Waals surface area contributed by atoms with Gasteiger partial charge in [-0.05, 0) is 6.92 Å². The Kier molecular flexibility index (Phi) is 4.82. The molecule has 0 fully saturated rings. The predicted molar refractivity (Wildman–Crippen MR) is 32.8 cm³/mol. The Hall–Kier alpha value is -0.830. The van der Waals surface area contributed by atoms with E-state index < -0.39 is 5.97 Å². The molecule has 3 nitrogen and oxygen atoms in total. The molecule has 0 aromatic heterocycles. The first-order valence-corrected chi connectivity index (χ1v) is 2.69. The van der Waals surface area contributed by atoms with Crippen LogP contribution >= 0.6 is 0 Å². The zero-order valence-electron chi connectivity index (χ0n) is 5.42. The summed E-state index contributed by atoms with van der Waals surface area (Å²) in [6.07, 6.45) is 1.08. The summed E-state index contributed by atoms with van der Waals surface area (Å²) in [5.74, 6) is -0.410. The van der Waals surface area contributed by atoms with E-state index in [0.29, 0.717) is 6.61 Å². The molecule has 0 saturated heterocycles. The highest BCUT2D eigenvalue weighted by Gasteiger charge is 1.96. The van der Waals surface area contributed by atoms with Crippen LogP contribution in [0.2, 0.25) is 0 Å². The lowest BCUT2D eigenvalue weighted by atomic mass is 10.7. The first kappa shape index (κ1) is 8.17. The molecule has 0 spiro atoms. The van der Waals surface area contributed by atoms with Gasteiger partial charge in [-0.25, -0.2) is 4.79 Å². The van der Waals surface area contributed by atoms with Crippen LogP contribution in [0.15, 0.2) is 12.8 Å². The van der Waals surface area contributed by atoms with E-state index in [-0.39, 0.29) is 6.61 Å². The topological polar surface area (TPSA) is 35.5 Å². The molecular formula is C6H10O3. The highest BCUT2D eigenvalue weighted by Crippen LogP contribution is 1.79. The van der Waals surface area contributed by atoms with E-state index in [1.54, 1.807) is 6.92 Å². The van der Waals surface area contributed by atoms with Crippen molar-refractivity contribution in [2.75, 3.05) is 13.2 Å². The Morgan fingerprint density at radius 3 is 2.89 bits per heavy atom. The van der Waals surface area contributed by atoms with Gasteiger partial charge in [0.15, 0.2) is 0 Å². The monoisotopic (exact) mass is 130 g/mol. The largest absolute Gasteiger partial charge is 0.433 e. The Bertz CT molecular complexity index is 98.5. The second kappa shape index (κ2) is 5.31. The Balaban J connectivity index is 3.16. The lowest BCUT2D eigenvalue weighted by Gasteiger charge is -1.96. The molecular weight excluding hydrogens is 120 g/mol. The van der Waals surface area contributed by atoms with Gasteiger partial charge in [0.1, 0.15) is 6.61 Å². The molecule has 0 amide bonds. The fourth-order valence-corrected chi connectivity index (χ4v) is 0.312. The average molecular weight is 130 g/mol. The molecule has 0 rings (SSSR count). The third-order valence-corrected chi connectivity index (χ3v) is 0.639. The molecule has 0 unspecified atom stereocenters. The molecule has 0 aliphatic heterocycles. The summed E-state index contributed by atoms with van der Waals surface area (Å²) in [5, 5.41) is 0. The lowest BCUT2D eigenvalue weighted by Crippen LogP contribution is -2.08. The maximum Gasteiger partial charge on any atom is 0.336 e. The molecule has 0 bridgehead atoms. The van der Waals surface area contributed by atoms with Crippen LogP contribution in [0.25, 0.3) is 0 Å². The van der Waals surface area contributed by atoms with Gasteiger partial charge in [0.2, 0.25) is 0 Å². The van der Waals surface area contributed by atoms with E-state index in [1.165, 1.54) is 0 Å². The van der Waals surface area contributed by atoms with Crippen LogP contribution < -0.4 is 0 Å². The van der Waals surface area contributed by atoms with Crippen molar-refractivity contribution >= 4 is 5.97 Å². The Labute approximate surface area is 54.3 Å². The van der Waals surface area contributed by atoms with Crippen molar-refractivity contribution in [3.05, 3.63) is 12.8 Å². The van der Waals surface area contributed by atoms with Crippen molar-refractivity contribution < 1.29 is 14.3 Å². The fraction of sp³-hybridized carbons (Fsp3) is 0.500. The van der Waals surface area contributed by atoms with E-state index >= 15 is 0 Å². The van der Waals surface area contributed by atoms with Crippen LogP contribution in [0.3, 0.4) is 0 Å². The van der Waals surface area contributed by atoms with E-state index in [9.17, 15) is 4.79 Å². The molecule has 52 valence electrons. The number of hydrogen-bond acceptors (Lipinski definition) is 3. The van der Waals surface area contributed by atoms with Crippen molar-refractivity contribution in [2.45, 2.75) is 6.92 Å². The zero-order chi connectivity index (χ0) is 7.11. The molecule has 0 aromatic carbocycles. The van der Waals surface area contributed by atoms with E-state index in [1.807, 2.05) is 0 Å². The van der Waals surface area contributed by atoms with Gasteiger partial charge >= 0.3 is 5.97 Å². The van der Waals surface area contributed by atoms with Gasteiger partial charge in [-0.1, -0.05) is 6.58 Å². The van der Waals surface area contributed by atoms with Crippen LogP contribution in [0, 0.1) is 0 Å². The normalized spacial score (nSPS) is 8.56. The number of esters is 1. The predicted octanol–water partition coefficient (Wildman–Crippen LogP) is 0.710. The second-order valence-corrected chi connectivity index (χ2v) is 1.29. The highest BCUT2D eigenvalue weighted by atomic mass is 16.6. The SMILES string of the molecule is C=COC(=O)COCC. The number of carbonyl (C=O) groups excluding carboxylic acids is 1. The summed E-state index contributed by atoms with van der Waals surface area (Å²) >= 11 is 0. The quantitative estimate of drug-likeness (QED) is 0.415. The molecule has 0 radical (unpaired) electrons. The molecule has 3 heteroatoms. The van der Waals surface area contributed by atoms with Crippen molar-refractivity contribution in [2.24, 2.45) is 0 Å². The fourth-order valence-electron chi connectivity index (χ4n) is 0.312. The van der Waals surface area contributed by atoms with Gasteiger partial charge in [0.05, 0.1) is 6.26 Å². The molecule has 0 heterocycles. The first-order chi connectivity index (χ1) is 4.31. The molecule has 0 aromatic rings. The Morgan fingerprint density at radius 1 is 1.78 bits per heavy atom. The Morgan fingerprint density at radius 2 is 2.44 bits per heavy atom. The van der Waals surface area contributed by atoms with Gasteiger partial charge in [-0.3, -0.25) is 0 Å². The third kappa shape index (κ3) is 5.03. The number of hydrogen-bond donors (Lipinski definition) is 0. The van der Waals surface area contributed by atoms with Gasteiger partial charge < -0.3 is 9.47 Å². The van der Waals surface area contributed by atoms with Gasteiger partial charge in [0.25, 0.3) is 0 Å². The van der Waals surface area contributed by atoms with Crippen LogP contribution in [-0.4, -0.2) is 19.2 Å². The molecule has 0 aliphatic rings. The minimum atomic E-state index is -0.410. The molecule has 0 N–H and O–H groups in total. The standard InChI is InChI=1S/C6H10O3/c1-3-8-5-6(7)9-4-2/h4H,2-3,5H2,1H3.